The number of benzene rings is 1. The number of hydrogen-bond acceptors (Lipinski definition) is 4. The predicted octanol–water partition coefficient (Wildman–Crippen LogP) is 1.80. The monoisotopic (exact) mass is 280 g/mol. The van der Waals surface area contributed by atoms with Gasteiger partial charge in [0.15, 0.2) is 0 Å². The van der Waals surface area contributed by atoms with Gasteiger partial charge in [0.2, 0.25) is 5.91 Å². The number of amides is 1. The molecule has 19 heavy (non-hydrogen) atoms. The molecule has 1 aromatic rings. The van der Waals surface area contributed by atoms with Gasteiger partial charge >= 0.3 is 0 Å². The van der Waals surface area contributed by atoms with E-state index in [9.17, 15) is 9.90 Å². The van der Waals surface area contributed by atoms with Crippen molar-refractivity contribution in [3.05, 3.63) is 24.3 Å². The Hall–Kier alpha value is -1.04. The Bertz CT molecular complexity index is 463. The van der Waals surface area contributed by atoms with Gasteiger partial charge < -0.3 is 10.4 Å². The van der Waals surface area contributed by atoms with Gasteiger partial charge in [0, 0.05) is 18.0 Å². The van der Waals surface area contributed by atoms with Crippen molar-refractivity contribution in [1.29, 1.82) is 0 Å². The van der Waals surface area contributed by atoms with E-state index in [2.05, 4.69) is 5.32 Å². The Balaban J connectivity index is 1.91. The molecule has 1 aliphatic heterocycles. The van der Waals surface area contributed by atoms with Crippen LogP contribution in [0.4, 0.5) is 5.69 Å². The van der Waals surface area contributed by atoms with Gasteiger partial charge in [0.25, 0.3) is 0 Å². The van der Waals surface area contributed by atoms with E-state index in [1.807, 2.05) is 42.3 Å². The van der Waals surface area contributed by atoms with Crippen molar-refractivity contribution in [2.45, 2.75) is 23.8 Å². The Morgan fingerprint density at radius 2 is 2.26 bits per heavy atom. The number of anilines is 1. The highest BCUT2D eigenvalue weighted by Gasteiger charge is 2.31. The minimum atomic E-state index is -0.655. The van der Waals surface area contributed by atoms with Crippen LogP contribution in [-0.4, -0.2) is 47.4 Å². The second kappa shape index (κ2) is 5.94. The summed E-state index contributed by atoms with van der Waals surface area (Å²) in [6, 6.07) is 7.76. The third-order valence-corrected chi connectivity index (χ3v) is 4.07. The molecule has 0 radical (unpaired) electrons. The third-order valence-electron chi connectivity index (χ3n) is 3.28. The maximum Gasteiger partial charge on any atom is 0.238 e. The summed E-state index contributed by atoms with van der Waals surface area (Å²) in [5.74, 6) is -0.0285. The number of carbonyl (C=O) groups excluding carboxylic acids is 1. The molecule has 0 saturated carbocycles. The first-order valence-electron chi connectivity index (χ1n) is 6.38. The van der Waals surface area contributed by atoms with Crippen LogP contribution in [0.1, 0.15) is 13.3 Å². The molecular weight excluding hydrogens is 260 g/mol. The molecule has 2 N–H and O–H groups in total. The number of rotatable bonds is 4. The second-order valence-corrected chi connectivity index (χ2v) is 6.05. The molecule has 0 spiro atoms. The van der Waals surface area contributed by atoms with Crippen LogP contribution in [0.5, 0.6) is 0 Å². The van der Waals surface area contributed by atoms with E-state index in [1.165, 1.54) is 0 Å². The van der Waals surface area contributed by atoms with Gasteiger partial charge in [-0.1, -0.05) is 12.1 Å². The van der Waals surface area contributed by atoms with Crippen molar-refractivity contribution in [3.8, 4) is 0 Å². The Labute approximate surface area is 118 Å². The lowest BCUT2D eigenvalue weighted by Gasteiger charge is -2.18. The first-order chi connectivity index (χ1) is 9.00. The van der Waals surface area contributed by atoms with E-state index >= 15 is 0 Å². The molecular formula is C14H20N2O2S. The van der Waals surface area contributed by atoms with Crippen molar-refractivity contribution in [1.82, 2.24) is 4.90 Å². The van der Waals surface area contributed by atoms with Gasteiger partial charge in [-0.15, -0.1) is 11.8 Å². The lowest BCUT2D eigenvalue weighted by atomic mass is 10.1. The molecule has 1 unspecified atom stereocenters. The van der Waals surface area contributed by atoms with Crippen LogP contribution in [0.3, 0.4) is 0 Å². The van der Waals surface area contributed by atoms with Crippen LogP contribution < -0.4 is 5.32 Å². The van der Waals surface area contributed by atoms with Crippen molar-refractivity contribution in [2.75, 3.05) is 31.2 Å². The van der Waals surface area contributed by atoms with Crippen LogP contribution >= 0.6 is 11.8 Å². The third kappa shape index (κ3) is 3.96. The number of nitrogens with zero attached hydrogens (tertiary/aromatic N) is 1. The molecule has 5 heteroatoms. The number of nitrogens with one attached hydrogen (secondary N) is 1. The molecule has 2 rings (SSSR count). The van der Waals surface area contributed by atoms with Gasteiger partial charge in [-0.3, -0.25) is 9.69 Å². The van der Waals surface area contributed by atoms with Crippen molar-refractivity contribution < 1.29 is 9.90 Å². The first-order valence-corrected chi connectivity index (χ1v) is 7.60. The van der Waals surface area contributed by atoms with Crippen LogP contribution in [0.15, 0.2) is 29.2 Å². The van der Waals surface area contributed by atoms with Crippen molar-refractivity contribution in [3.63, 3.8) is 0 Å². The number of thioether (sulfide) groups is 1. The van der Waals surface area contributed by atoms with Crippen molar-refractivity contribution >= 4 is 23.4 Å². The van der Waals surface area contributed by atoms with E-state index < -0.39 is 5.60 Å². The maximum absolute atomic E-state index is 12.0. The van der Waals surface area contributed by atoms with Crippen LogP contribution in [-0.2, 0) is 4.79 Å². The standard InChI is InChI=1S/C14H20N2O2S/c1-14(18)7-8-16(10-14)9-13(17)15-11-5-3-4-6-12(11)19-2/h3-6,18H,7-10H2,1-2H3,(H,15,17). The molecule has 1 fully saturated rings. The number of β-amino-alcohol motifs (C(OH)–C–C–N with tert-alkyl or cyclic N) is 1. The van der Waals surface area contributed by atoms with E-state index in [0.717, 1.165) is 23.5 Å². The second-order valence-electron chi connectivity index (χ2n) is 5.21. The topological polar surface area (TPSA) is 52.6 Å². The van der Waals surface area contributed by atoms with Gasteiger partial charge in [0.1, 0.15) is 0 Å². The molecule has 1 amide bonds. The number of hydrogen-bond donors (Lipinski definition) is 2. The highest BCUT2D eigenvalue weighted by Crippen LogP contribution is 2.25. The highest BCUT2D eigenvalue weighted by molar-refractivity contribution is 7.98. The minimum Gasteiger partial charge on any atom is -0.389 e. The molecule has 104 valence electrons. The summed E-state index contributed by atoms with van der Waals surface area (Å²) in [5.41, 5.74) is 0.197. The number of carbonyl (C=O) groups is 1. The van der Waals surface area contributed by atoms with E-state index in [4.69, 9.17) is 0 Å². The van der Waals surface area contributed by atoms with Gasteiger partial charge in [-0.05, 0) is 31.7 Å². The van der Waals surface area contributed by atoms with E-state index in [1.54, 1.807) is 11.8 Å². The summed E-state index contributed by atoms with van der Waals surface area (Å²) >= 11 is 1.61. The SMILES string of the molecule is CSc1ccccc1NC(=O)CN1CCC(C)(O)C1. The zero-order valence-electron chi connectivity index (χ0n) is 11.3. The van der Waals surface area contributed by atoms with Crippen molar-refractivity contribution in [2.24, 2.45) is 0 Å². The number of likely N-dealkylation sites (tertiary alicyclic amines) is 1. The first kappa shape index (κ1) is 14.4. The largest absolute Gasteiger partial charge is 0.389 e. The molecule has 1 aliphatic rings. The summed E-state index contributed by atoms with van der Waals surface area (Å²) in [4.78, 5) is 15.0. The Kier molecular flexibility index (Phi) is 4.50. The van der Waals surface area contributed by atoms with Gasteiger partial charge in [0.05, 0.1) is 17.8 Å². The lowest BCUT2D eigenvalue weighted by Crippen LogP contribution is -2.35. The Morgan fingerprint density at radius 3 is 2.89 bits per heavy atom. The van der Waals surface area contributed by atoms with Gasteiger partial charge in [-0.2, -0.15) is 0 Å². The Morgan fingerprint density at radius 1 is 1.53 bits per heavy atom. The fraction of sp³-hybridized carbons (Fsp3) is 0.500. The van der Waals surface area contributed by atoms with Crippen LogP contribution in [0.2, 0.25) is 0 Å². The average molecular weight is 280 g/mol. The predicted molar refractivity (Wildman–Crippen MR) is 78.5 cm³/mol. The maximum atomic E-state index is 12.0. The molecule has 1 heterocycles. The summed E-state index contributed by atoms with van der Waals surface area (Å²) < 4.78 is 0. The normalized spacial score (nSPS) is 23.5. The fourth-order valence-corrected chi connectivity index (χ4v) is 2.87. The number of para-hydroxylation sites is 1. The summed E-state index contributed by atoms with van der Waals surface area (Å²) in [5, 5.41) is 12.8. The zero-order chi connectivity index (χ0) is 13.9. The van der Waals surface area contributed by atoms with E-state index in [0.29, 0.717) is 13.1 Å². The number of aliphatic hydroxyl groups is 1. The molecule has 1 atom stereocenters. The fourth-order valence-electron chi connectivity index (χ4n) is 2.31. The lowest BCUT2D eigenvalue weighted by molar-refractivity contribution is -0.117. The molecule has 4 nitrogen and oxygen atoms in total. The molecule has 0 aliphatic carbocycles. The van der Waals surface area contributed by atoms with Crippen LogP contribution in [0.25, 0.3) is 0 Å². The average Bonchev–Trinajstić information content (AvgIpc) is 2.69. The quantitative estimate of drug-likeness (QED) is 0.826. The minimum absolute atomic E-state index is 0.0285. The van der Waals surface area contributed by atoms with E-state index in [-0.39, 0.29) is 5.91 Å². The van der Waals surface area contributed by atoms with Gasteiger partial charge in [-0.25, -0.2) is 0 Å². The zero-order valence-corrected chi connectivity index (χ0v) is 12.2. The van der Waals surface area contributed by atoms with Crippen LogP contribution in [0, 0.1) is 0 Å². The summed E-state index contributed by atoms with van der Waals surface area (Å²) in [7, 11) is 0. The molecule has 0 aromatic heterocycles. The summed E-state index contributed by atoms with van der Waals surface area (Å²) in [6.07, 6.45) is 2.71. The molecule has 1 aromatic carbocycles. The smallest absolute Gasteiger partial charge is 0.238 e. The highest BCUT2D eigenvalue weighted by atomic mass is 32.2. The summed E-state index contributed by atoms with van der Waals surface area (Å²) in [6.45, 7) is 3.47. The molecule has 0 bridgehead atoms. The molecule has 1 saturated heterocycles.